The summed E-state index contributed by atoms with van der Waals surface area (Å²) in [6, 6.07) is 7.01. The number of ether oxygens (including phenoxy) is 1. The molecule has 2 aliphatic rings. The minimum atomic E-state index is 0.0850. The highest BCUT2D eigenvalue weighted by Gasteiger charge is 2.28. The summed E-state index contributed by atoms with van der Waals surface area (Å²) >= 11 is 13.8. The first-order chi connectivity index (χ1) is 16.8. The number of benzene rings is 1. The molecule has 0 bridgehead atoms. The van der Waals surface area contributed by atoms with E-state index in [9.17, 15) is 4.79 Å². The Labute approximate surface area is 231 Å². The van der Waals surface area contributed by atoms with Crippen molar-refractivity contribution in [3.63, 3.8) is 0 Å². The number of carbonyl (C=O) groups is 1. The highest BCUT2D eigenvalue weighted by atomic mass is 79.9. The fourth-order valence-corrected chi connectivity index (χ4v) is 6.44. The van der Waals surface area contributed by atoms with Gasteiger partial charge in [-0.3, -0.25) is 9.78 Å². The quantitative estimate of drug-likeness (QED) is 0.397. The van der Waals surface area contributed by atoms with Crippen LogP contribution in [-0.4, -0.2) is 61.1 Å². The zero-order valence-corrected chi connectivity index (χ0v) is 24.8. The van der Waals surface area contributed by atoms with Gasteiger partial charge >= 0.3 is 0 Å². The van der Waals surface area contributed by atoms with E-state index in [1.54, 1.807) is 0 Å². The minimum Gasteiger partial charge on any atom is -0.374 e. The van der Waals surface area contributed by atoms with Crippen LogP contribution in [0.4, 0.5) is 0 Å². The van der Waals surface area contributed by atoms with E-state index in [0.717, 1.165) is 59.4 Å². The van der Waals surface area contributed by atoms with Crippen molar-refractivity contribution in [2.45, 2.75) is 58.4 Å². The lowest BCUT2D eigenvalue weighted by Crippen LogP contribution is -2.49. The normalized spacial score (nSPS) is 19.7. The van der Waals surface area contributed by atoms with Gasteiger partial charge in [0.1, 0.15) is 6.61 Å². The molecule has 0 saturated carbocycles. The minimum absolute atomic E-state index is 0.0850. The lowest BCUT2D eigenvalue weighted by Gasteiger charge is -2.32. The maximum atomic E-state index is 10.1. The molecule has 1 saturated heterocycles. The second kappa shape index (κ2) is 14.2. The van der Waals surface area contributed by atoms with Gasteiger partial charge < -0.3 is 15.0 Å². The van der Waals surface area contributed by atoms with Gasteiger partial charge in [0.15, 0.2) is 5.78 Å². The average molecular weight is 630 g/mol. The van der Waals surface area contributed by atoms with Crippen molar-refractivity contribution >= 4 is 49.2 Å². The maximum absolute atomic E-state index is 10.1. The summed E-state index contributed by atoms with van der Waals surface area (Å²) in [5.74, 6) is 0.398. The molecule has 0 amide bonds. The van der Waals surface area contributed by atoms with Crippen LogP contribution in [0.1, 0.15) is 61.9 Å². The van der Waals surface area contributed by atoms with Gasteiger partial charge in [-0.2, -0.15) is 0 Å². The number of nitrogens with one attached hydrogen (secondary N) is 1. The summed E-state index contributed by atoms with van der Waals surface area (Å²) in [7, 11) is 0. The van der Waals surface area contributed by atoms with E-state index >= 15 is 0 Å². The second-order valence-electron chi connectivity index (χ2n) is 9.35. The molecule has 4 rings (SSSR count). The Hall–Kier alpha value is -0.830. The SMILES string of the molecule is CC1CN(CCCC2c3ncc(Br)cc3CCc3cc(Cl)cc(Br)c32)CCN1.CCOCC(C)=O. The Balaban J connectivity index is 0.000000429. The van der Waals surface area contributed by atoms with E-state index in [1.807, 2.05) is 19.2 Å². The van der Waals surface area contributed by atoms with E-state index in [2.05, 4.69) is 61.1 Å². The van der Waals surface area contributed by atoms with Crippen LogP contribution < -0.4 is 5.32 Å². The maximum Gasteiger partial charge on any atom is 0.155 e. The summed E-state index contributed by atoms with van der Waals surface area (Å²) in [5.41, 5.74) is 5.33. The van der Waals surface area contributed by atoms with E-state index in [-0.39, 0.29) is 12.4 Å². The molecule has 2 aromatic rings. The topological polar surface area (TPSA) is 54.5 Å². The van der Waals surface area contributed by atoms with Crippen LogP contribution in [0.15, 0.2) is 33.3 Å². The number of ketones is 1. The summed E-state index contributed by atoms with van der Waals surface area (Å²) in [6.07, 6.45) is 6.23. The number of nitrogens with zero attached hydrogens (tertiary/aromatic N) is 2. The smallest absolute Gasteiger partial charge is 0.155 e. The van der Waals surface area contributed by atoms with E-state index < -0.39 is 0 Å². The average Bonchev–Trinajstić information content (AvgIpc) is 2.95. The molecule has 1 fully saturated rings. The number of piperazine rings is 1. The number of pyridine rings is 1. The van der Waals surface area contributed by atoms with Gasteiger partial charge in [0.25, 0.3) is 0 Å². The summed E-state index contributed by atoms with van der Waals surface area (Å²) in [4.78, 5) is 17.5. The number of hydrogen-bond acceptors (Lipinski definition) is 5. The van der Waals surface area contributed by atoms with Gasteiger partial charge in [-0.25, -0.2) is 0 Å². The van der Waals surface area contributed by atoms with Crippen molar-refractivity contribution in [3.05, 3.63) is 60.7 Å². The number of aromatic nitrogens is 1. The third-order valence-corrected chi connectivity index (χ3v) is 7.73. The Kier molecular flexibility index (Phi) is 11.7. The van der Waals surface area contributed by atoms with Crippen molar-refractivity contribution in [1.82, 2.24) is 15.2 Å². The molecule has 1 aliphatic heterocycles. The molecule has 1 aliphatic carbocycles. The van der Waals surface area contributed by atoms with Gasteiger partial charge in [-0.05, 0) is 104 Å². The van der Waals surface area contributed by atoms with Crippen molar-refractivity contribution in [2.24, 2.45) is 0 Å². The van der Waals surface area contributed by atoms with Gasteiger partial charge in [-0.1, -0.05) is 27.5 Å². The number of rotatable bonds is 7. The highest BCUT2D eigenvalue weighted by molar-refractivity contribution is 9.10. The molecule has 5 nitrogen and oxygen atoms in total. The third kappa shape index (κ3) is 8.61. The highest BCUT2D eigenvalue weighted by Crippen LogP contribution is 2.41. The first kappa shape index (κ1) is 28.7. The monoisotopic (exact) mass is 627 g/mol. The van der Waals surface area contributed by atoms with Gasteiger partial charge in [0, 0.05) is 58.4 Å². The van der Waals surface area contributed by atoms with Crippen LogP contribution >= 0.6 is 43.5 Å². The number of carbonyl (C=O) groups excluding carboxylic acids is 1. The fraction of sp³-hybridized carbons (Fsp3) is 0.556. The fourth-order valence-electron chi connectivity index (χ4n) is 4.91. The largest absolute Gasteiger partial charge is 0.374 e. The molecule has 192 valence electrons. The van der Waals surface area contributed by atoms with E-state index in [1.165, 1.54) is 35.7 Å². The Bertz CT molecular complexity index is 1000. The Morgan fingerprint density at radius 3 is 2.71 bits per heavy atom. The van der Waals surface area contributed by atoms with Crippen molar-refractivity contribution in [3.8, 4) is 0 Å². The lowest BCUT2D eigenvalue weighted by molar-refractivity contribution is -0.121. The molecule has 2 atom stereocenters. The predicted molar refractivity (Wildman–Crippen MR) is 151 cm³/mol. The molecule has 2 unspecified atom stereocenters. The number of fused-ring (bicyclic) bond motifs is 2. The van der Waals surface area contributed by atoms with Crippen molar-refractivity contribution in [1.29, 1.82) is 0 Å². The lowest BCUT2D eigenvalue weighted by atomic mass is 9.87. The van der Waals surface area contributed by atoms with Crippen LogP contribution in [0.5, 0.6) is 0 Å². The van der Waals surface area contributed by atoms with Crippen LogP contribution in [0.25, 0.3) is 0 Å². The Morgan fingerprint density at radius 2 is 2.03 bits per heavy atom. The van der Waals surface area contributed by atoms with Crippen LogP contribution in [-0.2, 0) is 22.4 Å². The first-order valence-electron chi connectivity index (χ1n) is 12.4. The first-order valence-corrected chi connectivity index (χ1v) is 14.4. The second-order valence-corrected chi connectivity index (χ2v) is 11.6. The van der Waals surface area contributed by atoms with Crippen molar-refractivity contribution in [2.75, 3.05) is 39.4 Å². The molecule has 35 heavy (non-hydrogen) atoms. The summed E-state index contributed by atoms with van der Waals surface area (Å²) in [6.45, 7) is 11.1. The predicted octanol–water partition coefficient (Wildman–Crippen LogP) is 6.18. The molecule has 0 spiro atoms. The van der Waals surface area contributed by atoms with Gasteiger partial charge in [0.05, 0.1) is 5.69 Å². The third-order valence-electron chi connectivity index (χ3n) is 6.42. The molecule has 8 heteroatoms. The molecular weight excluding hydrogens is 594 g/mol. The number of halogens is 3. The summed E-state index contributed by atoms with van der Waals surface area (Å²) in [5, 5.41) is 4.33. The van der Waals surface area contributed by atoms with E-state index in [0.29, 0.717) is 18.6 Å². The zero-order chi connectivity index (χ0) is 25.4. The zero-order valence-electron chi connectivity index (χ0n) is 20.9. The standard InChI is InChI=1S/C22H26Br2ClN3.C5H10O2/c1-14-13-28(8-6-26-14)7-2-3-19-21-15(10-18(25)11-20(21)24)4-5-16-9-17(23)12-27-22(16)19;1-3-7-4-5(2)6/h9-12,14,19,26H,2-8,13H2,1H3;3-4H2,1-2H3. The van der Waals surface area contributed by atoms with Gasteiger partial charge in [0.2, 0.25) is 0 Å². The number of Topliss-reactive ketones (excluding diaryl/α,β-unsaturated/α-hetero) is 1. The van der Waals surface area contributed by atoms with Crippen molar-refractivity contribution < 1.29 is 9.53 Å². The molecule has 1 N–H and O–H groups in total. The van der Waals surface area contributed by atoms with Crippen LogP contribution in [0, 0.1) is 0 Å². The van der Waals surface area contributed by atoms with Gasteiger partial charge in [-0.15, -0.1) is 0 Å². The Morgan fingerprint density at radius 1 is 1.26 bits per heavy atom. The van der Waals surface area contributed by atoms with Crippen LogP contribution in [0.2, 0.25) is 5.02 Å². The molecule has 1 aromatic carbocycles. The molecule has 0 radical (unpaired) electrons. The van der Waals surface area contributed by atoms with E-state index in [4.69, 9.17) is 21.3 Å². The molecule has 1 aromatic heterocycles. The summed E-state index contributed by atoms with van der Waals surface area (Å²) < 4.78 is 6.92. The number of hydrogen-bond donors (Lipinski definition) is 1. The number of aryl methyl sites for hydroxylation is 2. The van der Waals surface area contributed by atoms with Crippen LogP contribution in [0.3, 0.4) is 0 Å². The molecule has 2 heterocycles. The molecular formula is C27H36Br2ClN3O2.